The van der Waals surface area contributed by atoms with Gasteiger partial charge in [-0.3, -0.25) is 9.59 Å². The number of hydrogen-bond donors (Lipinski definition) is 1. The molecule has 0 saturated carbocycles. The number of carbonyl (C=O) groups is 3. The summed E-state index contributed by atoms with van der Waals surface area (Å²) in [6.45, 7) is 6.20. The molecule has 7 heteroatoms. The standard InChI is InChI=1S/C25H30N2O5/c1-25(2,3)32-24(30)26-22(23(29)27-14-13-20(28)16-27)15-18-9-11-21(12-10-18)31-17-19-7-5-4-6-8-19/h4-12,22H,13-17H2,1-3H3,(H,26,30). The third-order valence-corrected chi connectivity index (χ3v) is 4.94. The number of benzene rings is 2. The van der Waals surface area contributed by atoms with E-state index in [-0.39, 0.29) is 24.7 Å². The van der Waals surface area contributed by atoms with E-state index in [1.807, 2.05) is 54.6 Å². The van der Waals surface area contributed by atoms with Crippen LogP contribution in [-0.2, 0) is 27.4 Å². The summed E-state index contributed by atoms with van der Waals surface area (Å²) >= 11 is 0. The van der Waals surface area contributed by atoms with Gasteiger partial charge in [0.1, 0.15) is 24.0 Å². The molecule has 0 spiro atoms. The van der Waals surface area contributed by atoms with E-state index >= 15 is 0 Å². The summed E-state index contributed by atoms with van der Waals surface area (Å²) in [4.78, 5) is 38.4. The zero-order valence-electron chi connectivity index (χ0n) is 18.8. The molecule has 0 aromatic heterocycles. The second-order valence-corrected chi connectivity index (χ2v) is 8.87. The van der Waals surface area contributed by atoms with E-state index in [1.165, 1.54) is 4.90 Å². The summed E-state index contributed by atoms with van der Waals surface area (Å²) in [6.07, 6.45) is -0.0377. The molecule has 7 nitrogen and oxygen atoms in total. The number of rotatable bonds is 7. The van der Waals surface area contributed by atoms with Gasteiger partial charge in [-0.1, -0.05) is 42.5 Å². The number of hydrogen-bond acceptors (Lipinski definition) is 5. The maximum atomic E-state index is 13.0. The highest BCUT2D eigenvalue weighted by Crippen LogP contribution is 2.17. The van der Waals surface area contributed by atoms with E-state index in [1.54, 1.807) is 20.8 Å². The molecule has 1 N–H and O–H groups in total. The van der Waals surface area contributed by atoms with E-state index < -0.39 is 17.7 Å². The first-order valence-electron chi connectivity index (χ1n) is 10.8. The normalized spacial score (nSPS) is 14.7. The molecular formula is C25H30N2O5. The lowest BCUT2D eigenvalue weighted by Crippen LogP contribution is -2.50. The number of carbonyl (C=O) groups excluding carboxylic acids is 3. The quantitative estimate of drug-likeness (QED) is 0.715. The molecule has 2 aromatic carbocycles. The zero-order valence-corrected chi connectivity index (χ0v) is 18.8. The Labute approximate surface area is 188 Å². The molecule has 1 heterocycles. The van der Waals surface area contributed by atoms with E-state index in [4.69, 9.17) is 9.47 Å². The first-order chi connectivity index (χ1) is 15.2. The van der Waals surface area contributed by atoms with Crippen molar-refractivity contribution in [2.45, 2.75) is 51.9 Å². The molecular weight excluding hydrogens is 408 g/mol. The van der Waals surface area contributed by atoms with Crippen molar-refractivity contribution in [1.29, 1.82) is 0 Å². The summed E-state index contributed by atoms with van der Waals surface area (Å²) in [5.74, 6) is 0.450. The fourth-order valence-corrected chi connectivity index (χ4v) is 3.39. The molecule has 32 heavy (non-hydrogen) atoms. The lowest BCUT2D eigenvalue weighted by Gasteiger charge is -2.26. The number of alkyl carbamates (subject to hydrolysis) is 1. The fraction of sp³-hybridized carbons (Fsp3) is 0.400. The Morgan fingerprint density at radius 2 is 1.72 bits per heavy atom. The number of amides is 2. The Balaban J connectivity index is 1.65. The van der Waals surface area contributed by atoms with Crippen molar-refractivity contribution in [2.75, 3.05) is 13.1 Å². The molecule has 1 saturated heterocycles. The van der Waals surface area contributed by atoms with Gasteiger partial charge in [-0.05, 0) is 44.0 Å². The number of nitrogens with one attached hydrogen (secondary N) is 1. The van der Waals surface area contributed by atoms with Crippen LogP contribution < -0.4 is 10.1 Å². The van der Waals surface area contributed by atoms with E-state index in [9.17, 15) is 14.4 Å². The van der Waals surface area contributed by atoms with Crippen molar-refractivity contribution >= 4 is 17.8 Å². The van der Waals surface area contributed by atoms with Crippen molar-refractivity contribution in [3.8, 4) is 5.75 Å². The van der Waals surface area contributed by atoms with Gasteiger partial charge in [0, 0.05) is 19.4 Å². The Kier molecular flexibility index (Phi) is 7.51. The number of ketones is 1. The molecule has 1 atom stereocenters. The van der Waals surface area contributed by atoms with Gasteiger partial charge in [-0.25, -0.2) is 4.79 Å². The first kappa shape index (κ1) is 23.3. The maximum Gasteiger partial charge on any atom is 0.408 e. The number of likely N-dealkylation sites (tertiary alicyclic amines) is 1. The molecule has 2 aromatic rings. The fourth-order valence-electron chi connectivity index (χ4n) is 3.39. The molecule has 0 bridgehead atoms. The minimum absolute atomic E-state index is 0.0225. The van der Waals surface area contributed by atoms with Gasteiger partial charge in [0.05, 0.1) is 6.54 Å². The SMILES string of the molecule is CC(C)(C)OC(=O)NC(Cc1ccc(OCc2ccccc2)cc1)C(=O)N1CCC(=O)C1. The van der Waals surface area contributed by atoms with Crippen molar-refractivity contribution < 1.29 is 23.9 Å². The molecule has 1 unspecified atom stereocenters. The molecule has 0 aliphatic carbocycles. The van der Waals surface area contributed by atoms with Gasteiger partial charge in [0.15, 0.2) is 5.78 Å². The second-order valence-electron chi connectivity index (χ2n) is 8.87. The Morgan fingerprint density at radius 3 is 2.31 bits per heavy atom. The zero-order chi connectivity index (χ0) is 23.1. The number of nitrogens with zero attached hydrogens (tertiary/aromatic N) is 1. The van der Waals surface area contributed by atoms with Crippen LogP contribution in [0.3, 0.4) is 0 Å². The first-order valence-corrected chi connectivity index (χ1v) is 10.8. The molecule has 1 fully saturated rings. The third-order valence-electron chi connectivity index (χ3n) is 4.94. The van der Waals surface area contributed by atoms with Crippen LogP contribution in [0.25, 0.3) is 0 Å². The van der Waals surface area contributed by atoms with Gasteiger partial charge in [0.25, 0.3) is 0 Å². The predicted molar refractivity (Wildman–Crippen MR) is 120 cm³/mol. The molecule has 170 valence electrons. The van der Waals surface area contributed by atoms with Crippen molar-refractivity contribution in [3.05, 3.63) is 65.7 Å². The lowest BCUT2D eigenvalue weighted by atomic mass is 10.0. The summed E-state index contributed by atoms with van der Waals surface area (Å²) < 4.78 is 11.1. The molecule has 1 aliphatic heterocycles. The highest BCUT2D eigenvalue weighted by molar-refractivity contribution is 5.93. The van der Waals surface area contributed by atoms with Crippen LogP contribution >= 0.6 is 0 Å². The van der Waals surface area contributed by atoms with Crippen molar-refractivity contribution in [1.82, 2.24) is 10.2 Å². The van der Waals surface area contributed by atoms with Gasteiger partial charge < -0.3 is 19.7 Å². The maximum absolute atomic E-state index is 13.0. The van der Waals surface area contributed by atoms with Gasteiger partial charge in [0.2, 0.25) is 5.91 Å². The van der Waals surface area contributed by atoms with Gasteiger partial charge in [-0.2, -0.15) is 0 Å². The monoisotopic (exact) mass is 438 g/mol. The van der Waals surface area contributed by atoms with Gasteiger partial charge in [-0.15, -0.1) is 0 Å². The highest BCUT2D eigenvalue weighted by Gasteiger charge is 2.32. The largest absolute Gasteiger partial charge is 0.489 e. The number of ether oxygens (including phenoxy) is 2. The number of Topliss-reactive ketones (excluding diaryl/α,β-unsaturated/α-hetero) is 1. The second kappa shape index (κ2) is 10.3. The Bertz CT molecular complexity index is 935. The minimum atomic E-state index is -0.827. The predicted octanol–water partition coefficient (Wildman–Crippen LogP) is 3.50. The van der Waals surface area contributed by atoms with E-state index in [0.717, 1.165) is 11.1 Å². The average Bonchev–Trinajstić information content (AvgIpc) is 3.18. The third kappa shape index (κ3) is 7.11. The Hall–Kier alpha value is -3.35. The summed E-state index contributed by atoms with van der Waals surface area (Å²) in [5.41, 5.74) is 1.25. The van der Waals surface area contributed by atoms with Crippen LogP contribution in [0.5, 0.6) is 5.75 Å². The summed E-state index contributed by atoms with van der Waals surface area (Å²) in [5, 5.41) is 2.68. The highest BCUT2D eigenvalue weighted by atomic mass is 16.6. The summed E-state index contributed by atoms with van der Waals surface area (Å²) in [7, 11) is 0. The minimum Gasteiger partial charge on any atom is -0.489 e. The lowest BCUT2D eigenvalue weighted by molar-refractivity contribution is -0.133. The van der Waals surface area contributed by atoms with E-state index in [2.05, 4.69) is 5.32 Å². The van der Waals surface area contributed by atoms with Crippen LogP contribution in [0.4, 0.5) is 4.79 Å². The van der Waals surface area contributed by atoms with Crippen LogP contribution in [0.2, 0.25) is 0 Å². The van der Waals surface area contributed by atoms with Crippen molar-refractivity contribution in [3.63, 3.8) is 0 Å². The molecule has 2 amide bonds. The van der Waals surface area contributed by atoms with Gasteiger partial charge >= 0.3 is 6.09 Å². The topological polar surface area (TPSA) is 84.9 Å². The van der Waals surface area contributed by atoms with Crippen LogP contribution in [-0.4, -0.2) is 47.4 Å². The Morgan fingerprint density at radius 1 is 1.03 bits per heavy atom. The van der Waals surface area contributed by atoms with Crippen LogP contribution in [0.1, 0.15) is 38.3 Å². The molecule has 0 radical (unpaired) electrons. The summed E-state index contributed by atoms with van der Waals surface area (Å²) in [6, 6.07) is 16.5. The van der Waals surface area contributed by atoms with Crippen LogP contribution in [0.15, 0.2) is 54.6 Å². The smallest absolute Gasteiger partial charge is 0.408 e. The molecule has 1 aliphatic rings. The van der Waals surface area contributed by atoms with Crippen LogP contribution in [0, 0.1) is 0 Å². The average molecular weight is 439 g/mol. The molecule has 3 rings (SSSR count). The van der Waals surface area contributed by atoms with Crippen molar-refractivity contribution in [2.24, 2.45) is 0 Å². The van der Waals surface area contributed by atoms with E-state index in [0.29, 0.717) is 25.3 Å².